The number of benzene rings is 2. The molecule has 1 N–H and O–H groups in total. The molecule has 4 nitrogen and oxygen atoms in total. The summed E-state index contributed by atoms with van der Waals surface area (Å²) in [6.07, 6.45) is 1.50. The Morgan fingerprint density at radius 2 is 1.71 bits per heavy atom. The first kappa shape index (κ1) is 15.3. The van der Waals surface area contributed by atoms with E-state index in [-0.39, 0.29) is 4.90 Å². The topological polar surface area (TPSA) is 58.5 Å². The van der Waals surface area contributed by atoms with Crippen LogP contribution in [0.1, 0.15) is 22.3 Å². The van der Waals surface area contributed by atoms with Gasteiger partial charge in [-0.3, -0.25) is 0 Å². The van der Waals surface area contributed by atoms with E-state index in [9.17, 15) is 8.42 Å². The minimum Gasteiger partial charge on any atom is -0.200 e. The molecule has 2 aromatic rings. The van der Waals surface area contributed by atoms with Crippen LogP contribution in [0.15, 0.2) is 52.5 Å². The highest BCUT2D eigenvalue weighted by atomic mass is 32.2. The van der Waals surface area contributed by atoms with Gasteiger partial charge in [-0.15, -0.1) is 0 Å². The fourth-order valence-electron chi connectivity index (χ4n) is 1.97. The van der Waals surface area contributed by atoms with Gasteiger partial charge in [0.2, 0.25) is 0 Å². The number of nitrogens with zero attached hydrogens (tertiary/aromatic N) is 1. The van der Waals surface area contributed by atoms with Gasteiger partial charge in [0.05, 0.1) is 11.1 Å². The summed E-state index contributed by atoms with van der Waals surface area (Å²) >= 11 is 0. The minimum atomic E-state index is -3.64. The van der Waals surface area contributed by atoms with Crippen molar-refractivity contribution in [3.63, 3.8) is 0 Å². The lowest BCUT2D eigenvalue weighted by Crippen LogP contribution is -2.19. The van der Waals surface area contributed by atoms with Crippen LogP contribution in [-0.2, 0) is 10.0 Å². The maximum absolute atomic E-state index is 12.2. The van der Waals surface area contributed by atoms with E-state index < -0.39 is 10.0 Å². The van der Waals surface area contributed by atoms with E-state index in [1.165, 1.54) is 6.21 Å². The number of nitrogens with one attached hydrogen (secondary N) is 1. The van der Waals surface area contributed by atoms with Crippen LogP contribution in [0.2, 0.25) is 0 Å². The van der Waals surface area contributed by atoms with Gasteiger partial charge in [0.1, 0.15) is 0 Å². The monoisotopic (exact) mass is 302 g/mol. The van der Waals surface area contributed by atoms with E-state index in [2.05, 4.69) is 9.93 Å². The molecule has 0 aromatic heterocycles. The molecule has 0 unspecified atom stereocenters. The van der Waals surface area contributed by atoms with E-state index in [1.807, 2.05) is 44.2 Å². The summed E-state index contributed by atoms with van der Waals surface area (Å²) in [5, 5.41) is 3.84. The first-order valence-electron chi connectivity index (χ1n) is 6.57. The summed E-state index contributed by atoms with van der Waals surface area (Å²) in [5.74, 6) is 0. The second-order valence-electron chi connectivity index (χ2n) is 5.04. The zero-order valence-electron chi connectivity index (χ0n) is 12.3. The van der Waals surface area contributed by atoms with Crippen molar-refractivity contribution in [1.29, 1.82) is 0 Å². The van der Waals surface area contributed by atoms with Gasteiger partial charge in [-0.2, -0.15) is 13.5 Å². The Morgan fingerprint density at radius 3 is 2.43 bits per heavy atom. The Bertz CT molecular complexity index is 781. The highest BCUT2D eigenvalue weighted by Crippen LogP contribution is 2.16. The molecule has 0 bridgehead atoms. The van der Waals surface area contributed by atoms with E-state index in [1.54, 1.807) is 19.1 Å². The van der Waals surface area contributed by atoms with Crippen molar-refractivity contribution in [2.75, 3.05) is 0 Å². The molecular formula is C16H18N2O2S. The van der Waals surface area contributed by atoms with Crippen molar-refractivity contribution in [2.24, 2.45) is 5.10 Å². The lowest BCUT2D eigenvalue weighted by atomic mass is 10.2. The summed E-state index contributed by atoms with van der Waals surface area (Å²) in [4.78, 5) is 2.51. The Balaban J connectivity index is 2.20. The van der Waals surface area contributed by atoms with Crippen LogP contribution in [0.25, 0.3) is 0 Å². The Morgan fingerprint density at radius 1 is 1.00 bits per heavy atom. The van der Waals surface area contributed by atoms with Gasteiger partial charge in [-0.05, 0) is 43.5 Å². The van der Waals surface area contributed by atoms with Crippen molar-refractivity contribution in [3.8, 4) is 0 Å². The third-order valence-corrected chi connectivity index (χ3v) is 4.43. The molecule has 0 atom stereocenters. The van der Waals surface area contributed by atoms with Crippen molar-refractivity contribution >= 4 is 16.2 Å². The van der Waals surface area contributed by atoms with Gasteiger partial charge in [0.15, 0.2) is 0 Å². The van der Waals surface area contributed by atoms with Gasteiger partial charge < -0.3 is 0 Å². The van der Waals surface area contributed by atoms with Gasteiger partial charge in [0, 0.05) is 0 Å². The molecule has 2 rings (SSSR count). The van der Waals surface area contributed by atoms with Gasteiger partial charge in [0.25, 0.3) is 10.0 Å². The van der Waals surface area contributed by atoms with Crippen LogP contribution in [0.3, 0.4) is 0 Å². The van der Waals surface area contributed by atoms with Crippen LogP contribution in [0, 0.1) is 20.8 Å². The number of aryl methyl sites for hydroxylation is 3. The second kappa shape index (κ2) is 6.10. The lowest BCUT2D eigenvalue weighted by molar-refractivity contribution is 0.584. The predicted octanol–water partition coefficient (Wildman–Crippen LogP) is 2.92. The Labute approximate surface area is 125 Å². The van der Waals surface area contributed by atoms with Crippen molar-refractivity contribution < 1.29 is 8.42 Å². The van der Waals surface area contributed by atoms with E-state index in [4.69, 9.17) is 0 Å². The van der Waals surface area contributed by atoms with E-state index in [0.29, 0.717) is 5.56 Å². The summed E-state index contributed by atoms with van der Waals surface area (Å²) < 4.78 is 24.5. The minimum absolute atomic E-state index is 0.254. The molecule has 5 heteroatoms. The first-order valence-corrected chi connectivity index (χ1v) is 8.05. The Kier molecular flexibility index (Phi) is 4.43. The number of hydrogen-bond acceptors (Lipinski definition) is 3. The van der Waals surface area contributed by atoms with E-state index >= 15 is 0 Å². The quantitative estimate of drug-likeness (QED) is 0.697. The molecule has 0 saturated heterocycles. The van der Waals surface area contributed by atoms with E-state index in [0.717, 1.165) is 16.7 Å². The molecule has 2 aromatic carbocycles. The zero-order chi connectivity index (χ0) is 15.5. The molecule has 0 heterocycles. The first-order chi connectivity index (χ1) is 9.88. The standard InChI is InChI=1S/C16H18N2O2S/c1-12-5-4-6-15(9-12)11-17-18-21(19,20)16-10-13(2)7-8-14(16)3/h4-11,18H,1-3H3. The average Bonchev–Trinajstić information content (AvgIpc) is 2.41. The lowest BCUT2D eigenvalue weighted by Gasteiger charge is -2.07. The predicted molar refractivity (Wildman–Crippen MR) is 85.0 cm³/mol. The molecule has 0 aliphatic carbocycles. The fraction of sp³-hybridized carbons (Fsp3) is 0.188. The maximum Gasteiger partial charge on any atom is 0.276 e. The Hall–Kier alpha value is -2.14. The van der Waals surface area contributed by atoms with Crippen LogP contribution in [0.5, 0.6) is 0 Å². The molecular weight excluding hydrogens is 284 g/mol. The summed E-state index contributed by atoms with van der Waals surface area (Å²) in [5.41, 5.74) is 3.53. The number of sulfonamides is 1. The normalized spacial score (nSPS) is 11.8. The average molecular weight is 302 g/mol. The highest BCUT2D eigenvalue weighted by molar-refractivity contribution is 7.89. The van der Waals surface area contributed by atoms with Gasteiger partial charge in [-0.1, -0.05) is 42.0 Å². The second-order valence-corrected chi connectivity index (χ2v) is 6.67. The third-order valence-electron chi connectivity index (χ3n) is 3.06. The zero-order valence-corrected chi connectivity index (χ0v) is 13.1. The molecule has 0 radical (unpaired) electrons. The molecule has 0 aliphatic rings. The van der Waals surface area contributed by atoms with Crippen molar-refractivity contribution in [3.05, 3.63) is 64.7 Å². The smallest absolute Gasteiger partial charge is 0.200 e. The molecule has 21 heavy (non-hydrogen) atoms. The molecule has 110 valence electrons. The summed E-state index contributed by atoms with van der Waals surface area (Å²) in [7, 11) is -3.64. The van der Waals surface area contributed by atoms with Crippen LogP contribution < -0.4 is 4.83 Å². The molecule has 0 aliphatic heterocycles. The summed E-state index contributed by atoms with van der Waals surface area (Å²) in [6, 6.07) is 13.0. The SMILES string of the molecule is Cc1cccc(C=NNS(=O)(=O)c2cc(C)ccc2C)c1. The fourth-order valence-corrected chi connectivity index (χ4v) is 3.09. The van der Waals surface area contributed by atoms with Crippen molar-refractivity contribution in [1.82, 2.24) is 4.83 Å². The molecule has 0 fully saturated rings. The van der Waals surface area contributed by atoms with Gasteiger partial charge in [-0.25, -0.2) is 4.83 Å². The number of hydrogen-bond donors (Lipinski definition) is 1. The molecule has 0 saturated carbocycles. The summed E-state index contributed by atoms with van der Waals surface area (Å²) in [6.45, 7) is 5.59. The van der Waals surface area contributed by atoms with Crippen molar-refractivity contribution in [2.45, 2.75) is 25.7 Å². The largest absolute Gasteiger partial charge is 0.276 e. The third kappa shape index (κ3) is 3.92. The molecule has 0 spiro atoms. The van der Waals surface area contributed by atoms with Crippen LogP contribution in [0.4, 0.5) is 0 Å². The number of hydrazone groups is 1. The van der Waals surface area contributed by atoms with Crippen LogP contribution >= 0.6 is 0 Å². The van der Waals surface area contributed by atoms with Gasteiger partial charge >= 0.3 is 0 Å². The van der Waals surface area contributed by atoms with Crippen LogP contribution in [-0.4, -0.2) is 14.6 Å². The highest BCUT2D eigenvalue weighted by Gasteiger charge is 2.15. The number of rotatable bonds is 4. The maximum atomic E-state index is 12.2. The molecule has 0 amide bonds.